The van der Waals surface area contributed by atoms with Crippen LogP contribution in [0.15, 0.2) is 24.3 Å². The molecule has 1 N–H and O–H groups in total. The molecule has 2 rings (SSSR count). The number of Topliss-reactive ketones (excluding diaryl/α,β-unsaturated/α-hetero) is 1. The fourth-order valence-corrected chi connectivity index (χ4v) is 2.89. The lowest BCUT2D eigenvalue weighted by Crippen LogP contribution is -2.38. The quantitative estimate of drug-likeness (QED) is 0.894. The van der Waals surface area contributed by atoms with E-state index in [0.29, 0.717) is 12.3 Å². The van der Waals surface area contributed by atoms with Gasteiger partial charge in [-0.3, -0.25) is 4.79 Å². The Morgan fingerprint density at radius 1 is 1.40 bits per heavy atom. The summed E-state index contributed by atoms with van der Waals surface area (Å²) in [5.41, 5.74) is 0.853. The Kier molecular flexibility index (Phi) is 4.32. The van der Waals surface area contributed by atoms with Gasteiger partial charge in [0.25, 0.3) is 0 Å². The van der Waals surface area contributed by atoms with Gasteiger partial charge in [0, 0.05) is 6.42 Å². The molecule has 0 fully saturated rings. The molecule has 0 bridgehead atoms. The van der Waals surface area contributed by atoms with Gasteiger partial charge in [-0.05, 0) is 26.0 Å². The van der Waals surface area contributed by atoms with Crippen molar-refractivity contribution in [2.75, 3.05) is 17.6 Å². The number of carbonyl (C=O) groups excluding carboxylic acids is 1. The second-order valence-corrected chi connectivity index (χ2v) is 7.79. The normalized spacial score (nSPS) is 18.1. The zero-order valence-electron chi connectivity index (χ0n) is 11.6. The summed E-state index contributed by atoms with van der Waals surface area (Å²) in [7, 11) is -3.19. The van der Waals surface area contributed by atoms with Crippen molar-refractivity contribution in [2.45, 2.75) is 31.6 Å². The topological polar surface area (TPSA) is 72.5 Å². The lowest BCUT2D eigenvalue weighted by atomic mass is 10.1. The first kappa shape index (κ1) is 14.8. The number of nitrogens with one attached hydrogen (secondary N) is 1. The summed E-state index contributed by atoms with van der Waals surface area (Å²) in [6.45, 7) is 3.61. The molecule has 1 atom stereocenters. The molecule has 1 aliphatic rings. The first-order valence-electron chi connectivity index (χ1n) is 6.64. The fraction of sp³-hybridized carbons (Fsp3) is 0.500. The molecule has 5 nitrogen and oxygen atoms in total. The van der Waals surface area contributed by atoms with Crippen molar-refractivity contribution in [3.05, 3.63) is 24.3 Å². The summed E-state index contributed by atoms with van der Waals surface area (Å²) in [6, 6.07) is 7.37. The van der Waals surface area contributed by atoms with Crippen molar-refractivity contribution in [2.24, 2.45) is 0 Å². The minimum atomic E-state index is -3.19. The summed E-state index contributed by atoms with van der Waals surface area (Å²) < 4.78 is 29.0. The molecule has 20 heavy (non-hydrogen) atoms. The second kappa shape index (κ2) is 5.83. The molecule has 1 heterocycles. The maximum Gasteiger partial charge on any atom is 0.176 e. The Hall–Kier alpha value is -1.56. The summed E-state index contributed by atoms with van der Waals surface area (Å²) in [5, 5.41) is 2.66. The van der Waals surface area contributed by atoms with Crippen LogP contribution in [-0.2, 0) is 14.6 Å². The summed E-state index contributed by atoms with van der Waals surface area (Å²) in [6.07, 6.45) is -0.623. The third-order valence-corrected chi connectivity index (χ3v) is 5.55. The van der Waals surface area contributed by atoms with Crippen LogP contribution in [0.2, 0.25) is 0 Å². The number of sulfone groups is 1. The third kappa shape index (κ3) is 3.30. The van der Waals surface area contributed by atoms with E-state index >= 15 is 0 Å². The summed E-state index contributed by atoms with van der Waals surface area (Å²) in [4.78, 5) is 12.0. The molecule has 0 spiro atoms. The molecule has 0 aliphatic carbocycles. The lowest BCUT2D eigenvalue weighted by molar-refractivity contribution is -0.125. The predicted molar refractivity (Wildman–Crippen MR) is 77.9 cm³/mol. The number of para-hydroxylation sites is 2. The van der Waals surface area contributed by atoms with Crippen LogP contribution in [0.25, 0.3) is 0 Å². The Balaban J connectivity index is 1.96. The van der Waals surface area contributed by atoms with E-state index in [1.807, 2.05) is 18.2 Å². The van der Waals surface area contributed by atoms with E-state index in [9.17, 15) is 13.2 Å². The van der Waals surface area contributed by atoms with E-state index in [4.69, 9.17) is 4.74 Å². The largest absolute Gasteiger partial charge is 0.479 e. The van der Waals surface area contributed by atoms with Crippen molar-refractivity contribution in [1.29, 1.82) is 0 Å². The van der Waals surface area contributed by atoms with Crippen LogP contribution in [0.3, 0.4) is 0 Å². The first-order valence-corrected chi connectivity index (χ1v) is 8.35. The van der Waals surface area contributed by atoms with E-state index in [0.717, 1.165) is 5.69 Å². The van der Waals surface area contributed by atoms with Crippen molar-refractivity contribution in [1.82, 2.24) is 0 Å². The van der Waals surface area contributed by atoms with Crippen LogP contribution in [0.5, 0.6) is 5.75 Å². The number of anilines is 1. The summed E-state index contributed by atoms with van der Waals surface area (Å²) >= 11 is 0. The SMILES string of the molecule is CC(C)S(=O)(=O)CCC(=O)C1CNc2ccccc2O1. The number of rotatable bonds is 5. The molecule has 0 radical (unpaired) electrons. The molecule has 1 aliphatic heterocycles. The Bertz CT molecular complexity index is 595. The van der Waals surface area contributed by atoms with Crippen molar-refractivity contribution < 1.29 is 17.9 Å². The van der Waals surface area contributed by atoms with Crippen molar-refractivity contribution >= 4 is 21.3 Å². The van der Waals surface area contributed by atoms with Gasteiger partial charge in [-0.1, -0.05) is 12.1 Å². The second-order valence-electron chi connectivity index (χ2n) is 5.12. The van der Waals surface area contributed by atoms with E-state index in [2.05, 4.69) is 5.32 Å². The number of benzene rings is 1. The maximum atomic E-state index is 12.0. The zero-order valence-corrected chi connectivity index (χ0v) is 12.4. The minimum Gasteiger partial charge on any atom is -0.479 e. The average molecular weight is 297 g/mol. The van der Waals surface area contributed by atoms with E-state index in [1.165, 1.54) is 0 Å². The first-order chi connectivity index (χ1) is 9.40. The molecule has 0 amide bonds. The molecule has 1 aromatic rings. The number of ether oxygens (including phenoxy) is 1. The predicted octanol–water partition coefficient (Wildman–Crippen LogP) is 1.64. The van der Waals surface area contributed by atoms with Gasteiger partial charge in [-0.25, -0.2) is 8.42 Å². The molecule has 110 valence electrons. The monoisotopic (exact) mass is 297 g/mol. The van der Waals surface area contributed by atoms with Gasteiger partial charge in [0.2, 0.25) is 0 Å². The van der Waals surface area contributed by atoms with Gasteiger partial charge in [0.1, 0.15) is 5.75 Å². The minimum absolute atomic E-state index is 0.00493. The summed E-state index contributed by atoms with van der Waals surface area (Å²) in [5.74, 6) is 0.324. The van der Waals surface area contributed by atoms with Gasteiger partial charge in [0.15, 0.2) is 21.7 Å². The van der Waals surface area contributed by atoms with E-state index < -0.39 is 21.2 Å². The molecule has 1 unspecified atom stereocenters. The highest BCUT2D eigenvalue weighted by Crippen LogP contribution is 2.28. The van der Waals surface area contributed by atoms with Crippen LogP contribution in [-0.4, -0.2) is 37.9 Å². The highest BCUT2D eigenvalue weighted by Gasteiger charge is 2.27. The van der Waals surface area contributed by atoms with Crippen LogP contribution in [0.1, 0.15) is 20.3 Å². The number of hydrogen-bond donors (Lipinski definition) is 1. The highest BCUT2D eigenvalue weighted by atomic mass is 32.2. The average Bonchev–Trinajstić information content (AvgIpc) is 2.44. The molecule has 6 heteroatoms. The Labute approximate surface area is 119 Å². The van der Waals surface area contributed by atoms with Gasteiger partial charge < -0.3 is 10.1 Å². The highest BCUT2D eigenvalue weighted by molar-refractivity contribution is 7.91. The van der Waals surface area contributed by atoms with Crippen LogP contribution in [0.4, 0.5) is 5.69 Å². The number of carbonyl (C=O) groups is 1. The van der Waals surface area contributed by atoms with Crippen LogP contribution >= 0.6 is 0 Å². The van der Waals surface area contributed by atoms with Gasteiger partial charge >= 0.3 is 0 Å². The molecule has 0 saturated carbocycles. The van der Waals surface area contributed by atoms with Crippen LogP contribution in [0, 0.1) is 0 Å². The van der Waals surface area contributed by atoms with Gasteiger partial charge in [-0.2, -0.15) is 0 Å². The number of hydrogen-bond acceptors (Lipinski definition) is 5. The molecular weight excluding hydrogens is 278 g/mol. The Morgan fingerprint density at radius 2 is 2.10 bits per heavy atom. The van der Waals surface area contributed by atoms with E-state index in [-0.39, 0.29) is 18.0 Å². The molecule has 1 aromatic carbocycles. The Morgan fingerprint density at radius 3 is 2.80 bits per heavy atom. The lowest BCUT2D eigenvalue weighted by Gasteiger charge is -2.26. The number of fused-ring (bicyclic) bond motifs is 1. The van der Waals surface area contributed by atoms with Gasteiger partial charge in [-0.15, -0.1) is 0 Å². The number of ketones is 1. The zero-order chi connectivity index (χ0) is 14.8. The molecule has 0 aromatic heterocycles. The molecular formula is C14H19NO4S. The third-order valence-electron chi connectivity index (χ3n) is 3.34. The maximum absolute atomic E-state index is 12.0. The smallest absolute Gasteiger partial charge is 0.176 e. The van der Waals surface area contributed by atoms with Crippen molar-refractivity contribution in [3.63, 3.8) is 0 Å². The van der Waals surface area contributed by atoms with Crippen LogP contribution < -0.4 is 10.1 Å². The standard InChI is InChI=1S/C14H19NO4S/c1-10(2)20(17,18)8-7-12(16)14-9-15-11-5-3-4-6-13(11)19-14/h3-6,10,14-15H,7-9H2,1-2H3. The van der Waals surface area contributed by atoms with Gasteiger partial charge in [0.05, 0.1) is 23.2 Å². The van der Waals surface area contributed by atoms with E-state index in [1.54, 1.807) is 19.9 Å². The fourth-order valence-electron chi connectivity index (χ4n) is 1.93. The molecule has 0 saturated heterocycles. The van der Waals surface area contributed by atoms with Crippen molar-refractivity contribution in [3.8, 4) is 5.75 Å².